The van der Waals surface area contributed by atoms with Crippen molar-refractivity contribution in [3.63, 3.8) is 0 Å². The van der Waals surface area contributed by atoms with Gasteiger partial charge < -0.3 is 15.4 Å². The Balaban J connectivity index is 1.54. The van der Waals surface area contributed by atoms with Crippen LogP contribution in [-0.2, 0) is 9.59 Å². The van der Waals surface area contributed by atoms with Crippen molar-refractivity contribution in [1.29, 1.82) is 0 Å². The summed E-state index contributed by atoms with van der Waals surface area (Å²) in [5.74, 6) is 0.531. The molecule has 2 amide bonds. The lowest BCUT2D eigenvalue weighted by atomic mass is 10.1. The summed E-state index contributed by atoms with van der Waals surface area (Å²) in [6.45, 7) is 1.97. The molecule has 184 valence electrons. The molecule has 1 heterocycles. The number of ether oxygens (including phenoxy) is 1. The van der Waals surface area contributed by atoms with Crippen molar-refractivity contribution >= 4 is 45.7 Å². The lowest BCUT2D eigenvalue weighted by molar-refractivity contribution is -0.116. The Kier molecular flexibility index (Phi) is 8.76. The predicted octanol–water partition coefficient (Wildman–Crippen LogP) is 7.03. The van der Waals surface area contributed by atoms with Crippen molar-refractivity contribution in [1.82, 2.24) is 4.98 Å². The van der Waals surface area contributed by atoms with Crippen LogP contribution < -0.4 is 15.4 Å². The summed E-state index contributed by atoms with van der Waals surface area (Å²) < 4.78 is 5.45. The second-order valence-corrected chi connectivity index (χ2v) is 10.00. The van der Waals surface area contributed by atoms with Crippen molar-refractivity contribution in [3.8, 4) is 17.0 Å². The molecule has 0 saturated carbocycles. The van der Waals surface area contributed by atoms with E-state index in [1.165, 1.54) is 23.1 Å². The first-order chi connectivity index (χ1) is 17.6. The van der Waals surface area contributed by atoms with Crippen LogP contribution in [0.5, 0.6) is 5.75 Å². The van der Waals surface area contributed by atoms with Gasteiger partial charge >= 0.3 is 0 Å². The molecule has 1 aromatic heterocycles. The van der Waals surface area contributed by atoms with E-state index in [1.807, 2.05) is 91.2 Å². The van der Waals surface area contributed by atoms with Crippen LogP contribution in [0.25, 0.3) is 11.3 Å². The zero-order valence-electron chi connectivity index (χ0n) is 20.1. The highest BCUT2D eigenvalue weighted by atomic mass is 32.2. The van der Waals surface area contributed by atoms with Gasteiger partial charge in [0.05, 0.1) is 12.8 Å². The molecule has 36 heavy (non-hydrogen) atoms. The van der Waals surface area contributed by atoms with Gasteiger partial charge in [-0.2, -0.15) is 0 Å². The van der Waals surface area contributed by atoms with Crippen LogP contribution in [0.1, 0.15) is 30.6 Å². The molecule has 2 N–H and O–H groups in total. The minimum atomic E-state index is -0.508. The largest absolute Gasteiger partial charge is 0.496 e. The summed E-state index contributed by atoms with van der Waals surface area (Å²) in [6, 6.07) is 24.8. The fourth-order valence-corrected chi connectivity index (χ4v) is 5.41. The van der Waals surface area contributed by atoms with E-state index in [0.717, 1.165) is 33.9 Å². The molecule has 4 rings (SSSR count). The monoisotopic (exact) mass is 517 g/mol. The lowest BCUT2D eigenvalue weighted by Crippen LogP contribution is -2.19. The minimum absolute atomic E-state index is 0.0216. The normalized spacial score (nSPS) is 11.5. The number of rotatable bonds is 10. The van der Waals surface area contributed by atoms with Gasteiger partial charge in [-0.15, -0.1) is 23.1 Å². The molecule has 8 heteroatoms. The van der Waals surface area contributed by atoms with Crippen LogP contribution in [0.2, 0.25) is 0 Å². The molecule has 0 aliphatic heterocycles. The third kappa shape index (κ3) is 6.53. The third-order valence-corrected chi connectivity index (χ3v) is 7.31. The van der Waals surface area contributed by atoms with Crippen molar-refractivity contribution in [2.24, 2.45) is 0 Å². The highest BCUT2D eigenvalue weighted by Gasteiger charge is 2.23. The summed E-state index contributed by atoms with van der Waals surface area (Å²) in [5, 5.41) is 7.82. The average Bonchev–Trinajstić information content (AvgIpc) is 3.36. The second-order valence-electron chi connectivity index (χ2n) is 7.96. The molecule has 0 aliphatic carbocycles. The first-order valence-electron chi connectivity index (χ1n) is 11.6. The number of anilines is 2. The van der Waals surface area contributed by atoms with Crippen LogP contribution in [0.15, 0.2) is 89.1 Å². The van der Waals surface area contributed by atoms with E-state index in [0.29, 0.717) is 17.2 Å². The Hall–Kier alpha value is -3.62. The Morgan fingerprint density at radius 2 is 1.78 bits per heavy atom. The maximum atomic E-state index is 13.5. The number of thioether (sulfide) groups is 1. The maximum Gasteiger partial charge on any atom is 0.244 e. The van der Waals surface area contributed by atoms with Gasteiger partial charge in [0.2, 0.25) is 11.8 Å². The van der Waals surface area contributed by atoms with Crippen LogP contribution in [0, 0.1) is 0 Å². The average molecular weight is 518 g/mol. The molecule has 0 spiro atoms. The van der Waals surface area contributed by atoms with Crippen molar-refractivity contribution in [2.45, 2.75) is 29.9 Å². The summed E-state index contributed by atoms with van der Waals surface area (Å²) in [6.07, 6.45) is 1.25. The zero-order valence-corrected chi connectivity index (χ0v) is 21.7. The van der Waals surface area contributed by atoms with Gasteiger partial charge in [-0.1, -0.05) is 55.5 Å². The summed E-state index contributed by atoms with van der Waals surface area (Å²) in [4.78, 5) is 31.0. The molecular formula is C28H27N3O3S2. The van der Waals surface area contributed by atoms with E-state index < -0.39 is 5.25 Å². The Morgan fingerprint density at radius 1 is 1.00 bits per heavy atom. The number of carbonyl (C=O) groups excluding carboxylic acids is 2. The third-order valence-electron chi connectivity index (χ3n) is 5.31. The molecule has 4 aromatic rings. The second kappa shape index (κ2) is 12.4. The lowest BCUT2D eigenvalue weighted by Gasteiger charge is -2.17. The molecule has 1 atom stereocenters. The highest BCUT2D eigenvalue weighted by molar-refractivity contribution is 8.00. The van der Waals surface area contributed by atoms with Crippen molar-refractivity contribution < 1.29 is 14.3 Å². The van der Waals surface area contributed by atoms with Crippen LogP contribution in [0.4, 0.5) is 10.8 Å². The van der Waals surface area contributed by atoms with E-state index >= 15 is 0 Å². The molecule has 6 nitrogen and oxygen atoms in total. The number of hydrogen-bond donors (Lipinski definition) is 2. The number of methoxy groups -OCH3 is 1. The van der Waals surface area contributed by atoms with E-state index in [4.69, 9.17) is 4.74 Å². The summed E-state index contributed by atoms with van der Waals surface area (Å²) >= 11 is 2.80. The highest BCUT2D eigenvalue weighted by Crippen LogP contribution is 2.38. The first-order valence-corrected chi connectivity index (χ1v) is 13.3. The van der Waals surface area contributed by atoms with Gasteiger partial charge in [-0.05, 0) is 42.3 Å². The van der Waals surface area contributed by atoms with Gasteiger partial charge in [-0.3, -0.25) is 9.59 Å². The van der Waals surface area contributed by atoms with E-state index in [1.54, 1.807) is 7.11 Å². The minimum Gasteiger partial charge on any atom is -0.496 e. The van der Waals surface area contributed by atoms with Gasteiger partial charge in [0.15, 0.2) is 5.13 Å². The predicted molar refractivity (Wildman–Crippen MR) is 148 cm³/mol. The van der Waals surface area contributed by atoms with Crippen molar-refractivity contribution in [3.05, 3.63) is 89.8 Å². The van der Waals surface area contributed by atoms with Crippen LogP contribution in [-0.4, -0.2) is 23.9 Å². The number of para-hydroxylation sites is 1. The number of amides is 2. The van der Waals surface area contributed by atoms with Crippen LogP contribution >= 0.6 is 23.1 Å². The molecule has 1 unspecified atom stereocenters. The summed E-state index contributed by atoms with van der Waals surface area (Å²) in [7, 11) is 1.62. The molecule has 0 aliphatic rings. The molecule has 0 saturated heterocycles. The number of benzene rings is 3. The van der Waals surface area contributed by atoms with E-state index in [9.17, 15) is 9.59 Å². The number of hydrogen-bond acceptors (Lipinski definition) is 6. The number of aromatic nitrogens is 1. The van der Waals surface area contributed by atoms with Crippen molar-refractivity contribution in [2.75, 3.05) is 17.7 Å². The molecule has 0 bridgehead atoms. The molecule has 0 fully saturated rings. The molecular weight excluding hydrogens is 490 g/mol. The zero-order chi connectivity index (χ0) is 25.3. The Bertz CT molecular complexity index is 1320. The topological polar surface area (TPSA) is 80.3 Å². The van der Waals surface area contributed by atoms with Crippen LogP contribution in [0.3, 0.4) is 0 Å². The SMILES string of the molecule is CCCC(=O)Nc1cccc(SC(C(=O)Nc2nc(-c3ccccc3OC)cs2)c2ccccc2)c1. The summed E-state index contributed by atoms with van der Waals surface area (Å²) in [5.41, 5.74) is 3.20. The smallest absolute Gasteiger partial charge is 0.244 e. The molecule has 3 aromatic carbocycles. The maximum absolute atomic E-state index is 13.5. The van der Waals surface area contributed by atoms with E-state index in [2.05, 4.69) is 15.6 Å². The number of carbonyl (C=O) groups is 2. The van der Waals surface area contributed by atoms with Gasteiger partial charge in [0.1, 0.15) is 11.0 Å². The first kappa shape index (κ1) is 25.5. The number of thiazole rings is 1. The van der Waals surface area contributed by atoms with E-state index in [-0.39, 0.29) is 11.8 Å². The Labute approximate surface area is 219 Å². The Morgan fingerprint density at radius 3 is 2.56 bits per heavy atom. The fraction of sp³-hybridized carbons (Fsp3) is 0.179. The van der Waals surface area contributed by atoms with Gasteiger partial charge in [0, 0.05) is 27.9 Å². The quantitative estimate of drug-likeness (QED) is 0.221. The standard InChI is InChI=1S/C28H27N3O3S2/c1-3-10-25(32)29-20-13-9-14-21(17-20)36-26(19-11-5-4-6-12-19)27(33)31-28-30-23(18-35-28)22-15-7-8-16-24(22)34-2/h4-9,11-18,26H,3,10H2,1-2H3,(H,29,32)(H,30,31,33). The van der Waals surface area contributed by atoms with Gasteiger partial charge in [-0.25, -0.2) is 4.98 Å². The molecule has 0 radical (unpaired) electrons. The fourth-order valence-electron chi connectivity index (χ4n) is 3.62. The number of nitrogens with one attached hydrogen (secondary N) is 2. The number of nitrogens with zero attached hydrogens (tertiary/aromatic N) is 1. The van der Waals surface area contributed by atoms with Gasteiger partial charge in [0.25, 0.3) is 0 Å².